The van der Waals surface area contributed by atoms with E-state index in [1.54, 1.807) is 0 Å². The lowest BCUT2D eigenvalue weighted by Crippen LogP contribution is -2.18. The number of alkyl halides is 3. The SMILES string of the molecule is COC(=O)C(c1ccc(OC(F)(F)F)cc1)C1CC1. The molecule has 1 saturated carbocycles. The van der Waals surface area contributed by atoms with Crippen molar-refractivity contribution >= 4 is 5.97 Å². The molecule has 1 aromatic rings. The normalized spacial score (nSPS) is 16.8. The summed E-state index contributed by atoms with van der Waals surface area (Å²) < 4.78 is 44.6. The van der Waals surface area contributed by atoms with Gasteiger partial charge in [-0.25, -0.2) is 0 Å². The fourth-order valence-electron chi connectivity index (χ4n) is 2.03. The summed E-state index contributed by atoms with van der Waals surface area (Å²) in [6.07, 6.45) is -2.85. The zero-order valence-electron chi connectivity index (χ0n) is 10.2. The molecule has 0 aromatic heterocycles. The van der Waals surface area contributed by atoms with E-state index in [0.717, 1.165) is 12.8 Å². The second kappa shape index (κ2) is 5.11. The highest BCUT2D eigenvalue weighted by atomic mass is 19.4. The van der Waals surface area contributed by atoms with Crippen molar-refractivity contribution in [3.05, 3.63) is 29.8 Å². The van der Waals surface area contributed by atoms with E-state index in [1.807, 2.05) is 0 Å². The van der Waals surface area contributed by atoms with Crippen LogP contribution in [0.2, 0.25) is 0 Å². The molecule has 1 aliphatic carbocycles. The fraction of sp³-hybridized carbons (Fsp3) is 0.462. The summed E-state index contributed by atoms with van der Waals surface area (Å²) in [5.41, 5.74) is 0.656. The molecule has 1 aliphatic rings. The monoisotopic (exact) mass is 274 g/mol. The van der Waals surface area contributed by atoms with Gasteiger partial charge >= 0.3 is 12.3 Å². The molecule has 19 heavy (non-hydrogen) atoms. The van der Waals surface area contributed by atoms with Crippen molar-refractivity contribution in [2.45, 2.75) is 25.1 Å². The van der Waals surface area contributed by atoms with Gasteiger partial charge in [0.25, 0.3) is 0 Å². The Labute approximate surface area is 108 Å². The van der Waals surface area contributed by atoms with Crippen LogP contribution in [0.1, 0.15) is 24.3 Å². The molecule has 0 N–H and O–H groups in total. The molecule has 0 radical (unpaired) electrons. The van der Waals surface area contributed by atoms with Gasteiger partial charge in [-0.2, -0.15) is 0 Å². The Balaban J connectivity index is 2.14. The molecule has 0 amide bonds. The van der Waals surface area contributed by atoms with Gasteiger partial charge in [-0.1, -0.05) is 12.1 Å². The van der Waals surface area contributed by atoms with Crippen LogP contribution in [0.4, 0.5) is 13.2 Å². The third-order valence-electron chi connectivity index (χ3n) is 3.02. The summed E-state index contributed by atoms with van der Waals surface area (Å²) in [6.45, 7) is 0. The quantitative estimate of drug-likeness (QED) is 0.791. The molecular weight excluding hydrogens is 261 g/mol. The maximum Gasteiger partial charge on any atom is 0.573 e. The smallest absolute Gasteiger partial charge is 0.469 e. The average molecular weight is 274 g/mol. The van der Waals surface area contributed by atoms with Crippen molar-refractivity contribution in [1.29, 1.82) is 0 Å². The molecule has 1 fully saturated rings. The van der Waals surface area contributed by atoms with E-state index >= 15 is 0 Å². The predicted octanol–water partition coefficient (Wildman–Crippen LogP) is 3.25. The van der Waals surface area contributed by atoms with Gasteiger partial charge in [0.2, 0.25) is 0 Å². The van der Waals surface area contributed by atoms with Gasteiger partial charge in [0, 0.05) is 0 Å². The van der Waals surface area contributed by atoms with Gasteiger partial charge in [0.1, 0.15) is 5.75 Å². The summed E-state index contributed by atoms with van der Waals surface area (Å²) in [5, 5.41) is 0. The van der Waals surface area contributed by atoms with E-state index in [-0.39, 0.29) is 17.6 Å². The zero-order valence-corrected chi connectivity index (χ0v) is 10.2. The van der Waals surface area contributed by atoms with Crippen molar-refractivity contribution in [2.75, 3.05) is 7.11 Å². The molecule has 104 valence electrons. The number of ether oxygens (including phenoxy) is 2. The number of hydrogen-bond acceptors (Lipinski definition) is 3. The minimum atomic E-state index is -4.71. The first kappa shape index (κ1) is 13.7. The Hall–Kier alpha value is -1.72. The van der Waals surface area contributed by atoms with E-state index in [9.17, 15) is 18.0 Å². The van der Waals surface area contributed by atoms with Crippen molar-refractivity contribution in [3.8, 4) is 5.75 Å². The molecule has 1 aromatic carbocycles. The molecule has 6 heteroatoms. The Bertz CT molecular complexity index is 449. The first-order valence-electron chi connectivity index (χ1n) is 5.84. The minimum Gasteiger partial charge on any atom is -0.469 e. The lowest BCUT2D eigenvalue weighted by atomic mass is 9.94. The van der Waals surface area contributed by atoms with E-state index < -0.39 is 12.3 Å². The number of carbonyl (C=O) groups excluding carboxylic acids is 1. The minimum absolute atomic E-state index is 0.224. The molecule has 2 rings (SSSR count). The first-order chi connectivity index (χ1) is 8.90. The highest BCUT2D eigenvalue weighted by Gasteiger charge is 2.38. The molecule has 3 nitrogen and oxygen atoms in total. The zero-order chi connectivity index (χ0) is 14.0. The number of esters is 1. The standard InChI is InChI=1S/C13H13F3O3/c1-18-12(17)11(8-2-3-8)9-4-6-10(7-5-9)19-13(14,15)16/h4-8,11H,2-3H2,1H3. The Morgan fingerprint density at radius 1 is 1.26 bits per heavy atom. The van der Waals surface area contributed by atoms with E-state index in [1.165, 1.54) is 31.4 Å². The van der Waals surface area contributed by atoms with Crippen LogP contribution in [0.3, 0.4) is 0 Å². The number of hydrogen-bond donors (Lipinski definition) is 0. The number of benzene rings is 1. The molecular formula is C13H13F3O3. The average Bonchev–Trinajstić information content (AvgIpc) is 3.14. The van der Waals surface area contributed by atoms with Crippen LogP contribution < -0.4 is 4.74 Å². The second-order valence-corrected chi connectivity index (χ2v) is 4.46. The van der Waals surface area contributed by atoms with Crippen molar-refractivity contribution < 1.29 is 27.4 Å². The number of rotatable bonds is 4. The molecule has 0 saturated heterocycles. The molecule has 0 aliphatic heterocycles. The second-order valence-electron chi connectivity index (χ2n) is 4.46. The van der Waals surface area contributed by atoms with Gasteiger partial charge in [0.05, 0.1) is 13.0 Å². The Morgan fingerprint density at radius 3 is 2.26 bits per heavy atom. The highest BCUT2D eigenvalue weighted by Crippen LogP contribution is 2.43. The van der Waals surface area contributed by atoms with E-state index in [0.29, 0.717) is 5.56 Å². The molecule has 0 spiro atoms. The summed E-state index contributed by atoms with van der Waals surface area (Å²) in [6, 6.07) is 5.37. The highest BCUT2D eigenvalue weighted by molar-refractivity contribution is 5.79. The van der Waals surface area contributed by atoms with E-state index in [2.05, 4.69) is 4.74 Å². The first-order valence-corrected chi connectivity index (χ1v) is 5.84. The van der Waals surface area contributed by atoms with Crippen LogP contribution in [0.15, 0.2) is 24.3 Å². The topological polar surface area (TPSA) is 35.5 Å². The van der Waals surface area contributed by atoms with Crippen LogP contribution in [0.25, 0.3) is 0 Å². The maximum atomic E-state index is 12.0. The number of methoxy groups -OCH3 is 1. The Kier molecular flexibility index (Phi) is 3.68. The summed E-state index contributed by atoms with van der Waals surface area (Å²) in [4.78, 5) is 11.7. The van der Waals surface area contributed by atoms with Crippen LogP contribution >= 0.6 is 0 Å². The van der Waals surface area contributed by atoms with Crippen LogP contribution in [-0.2, 0) is 9.53 Å². The third kappa shape index (κ3) is 3.62. The lowest BCUT2D eigenvalue weighted by molar-refractivity contribution is -0.274. The third-order valence-corrected chi connectivity index (χ3v) is 3.02. The van der Waals surface area contributed by atoms with Crippen molar-refractivity contribution in [2.24, 2.45) is 5.92 Å². The van der Waals surface area contributed by atoms with Crippen molar-refractivity contribution in [1.82, 2.24) is 0 Å². The van der Waals surface area contributed by atoms with E-state index in [4.69, 9.17) is 4.74 Å². The molecule has 1 atom stereocenters. The van der Waals surface area contributed by atoms with Gasteiger partial charge in [-0.15, -0.1) is 13.2 Å². The number of halogens is 3. The summed E-state index contributed by atoms with van der Waals surface area (Å²) in [7, 11) is 1.30. The van der Waals surface area contributed by atoms with Crippen LogP contribution in [0.5, 0.6) is 5.75 Å². The lowest BCUT2D eigenvalue weighted by Gasteiger charge is -2.15. The molecule has 0 heterocycles. The van der Waals surface area contributed by atoms with Gasteiger partial charge in [0.15, 0.2) is 0 Å². The predicted molar refractivity (Wildman–Crippen MR) is 60.6 cm³/mol. The van der Waals surface area contributed by atoms with Crippen LogP contribution in [-0.4, -0.2) is 19.4 Å². The largest absolute Gasteiger partial charge is 0.573 e. The number of carbonyl (C=O) groups is 1. The van der Waals surface area contributed by atoms with Crippen LogP contribution in [0, 0.1) is 5.92 Å². The van der Waals surface area contributed by atoms with Gasteiger partial charge in [-0.05, 0) is 36.5 Å². The maximum absolute atomic E-state index is 12.0. The fourth-order valence-corrected chi connectivity index (χ4v) is 2.03. The molecule has 1 unspecified atom stereocenters. The summed E-state index contributed by atoms with van der Waals surface area (Å²) in [5.74, 6) is -0.825. The molecule has 0 bridgehead atoms. The van der Waals surface area contributed by atoms with Gasteiger partial charge in [-0.3, -0.25) is 4.79 Å². The summed E-state index contributed by atoms with van der Waals surface area (Å²) >= 11 is 0. The Morgan fingerprint density at radius 2 is 1.84 bits per heavy atom. The van der Waals surface area contributed by atoms with Crippen molar-refractivity contribution in [3.63, 3.8) is 0 Å². The van der Waals surface area contributed by atoms with Gasteiger partial charge < -0.3 is 9.47 Å².